The molecule has 4 heterocycles. The van der Waals surface area contributed by atoms with Crippen LogP contribution in [0.25, 0.3) is 0 Å². The summed E-state index contributed by atoms with van der Waals surface area (Å²) in [6.07, 6.45) is 3.49. The number of carbonyl (C=O) groups is 1. The van der Waals surface area contributed by atoms with Crippen molar-refractivity contribution in [1.29, 1.82) is 0 Å². The summed E-state index contributed by atoms with van der Waals surface area (Å²) in [5.41, 5.74) is 0.787. The minimum absolute atomic E-state index is 0.0145. The third kappa shape index (κ3) is 3.21. The van der Waals surface area contributed by atoms with Gasteiger partial charge in [-0.3, -0.25) is 9.69 Å². The summed E-state index contributed by atoms with van der Waals surface area (Å²) >= 11 is 1.54. The zero-order valence-electron chi connectivity index (χ0n) is 14.7. The molecule has 2 fully saturated rings. The normalized spacial score (nSPS) is 22.2. The van der Waals surface area contributed by atoms with Crippen LogP contribution in [-0.2, 0) is 0 Å². The van der Waals surface area contributed by atoms with Gasteiger partial charge < -0.3 is 9.64 Å². The van der Waals surface area contributed by atoms with E-state index in [9.17, 15) is 9.18 Å². The van der Waals surface area contributed by atoms with Gasteiger partial charge in [0.25, 0.3) is 5.91 Å². The highest BCUT2D eigenvalue weighted by molar-refractivity contribution is 7.08. The second-order valence-electron chi connectivity index (χ2n) is 7.28. The number of likely N-dealkylation sites (N-methyl/N-ethyl adjacent to an activating group) is 1. The van der Waals surface area contributed by atoms with Crippen molar-refractivity contribution in [3.63, 3.8) is 0 Å². The van der Waals surface area contributed by atoms with Crippen molar-refractivity contribution in [2.45, 2.75) is 18.4 Å². The maximum Gasteiger partial charge on any atom is 0.254 e. The van der Waals surface area contributed by atoms with Crippen molar-refractivity contribution < 1.29 is 13.9 Å². The van der Waals surface area contributed by atoms with Gasteiger partial charge in [0.1, 0.15) is 0 Å². The molecule has 0 saturated carbocycles. The molecule has 0 bridgehead atoms. The molecule has 2 saturated heterocycles. The van der Waals surface area contributed by atoms with E-state index in [0.29, 0.717) is 12.5 Å². The average Bonchev–Trinajstić information content (AvgIpc) is 3.14. The molecule has 0 N–H and O–H groups in total. The summed E-state index contributed by atoms with van der Waals surface area (Å²) in [6.45, 7) is 2.90. The van der Waals surface area contributed by atoms with Gasteiger partial charge in [-0.05, 0) is 55.9 Å². The van der Waals surface area contributed by atoms with Crippen molar-refractivity contribution >= 4 is 17.2 Å². The van der Waals surface area contributed by atoms with Crippen molar-refractivity contribution in [3.8, 4) is 5.88 Å². The van der Waals surface area contributed by atoms with Crippen LogP contribution in [0.5, 0.6) is 5.88 Å². The Kier molecular flexibility index (Phi) is 4.67. The first-order valence-corrected chi connectivity index (χ1v) is 9.78. The summed E-state index contributed by atoms with van der Waals surface area (Å²) in [7, 11) is 2.13. The molecule has 0 unspecified atom stereocenters. The average molecular weight is 375 g/mol. The van der Waals surface area contributed by atoms with E-state index >= 15 is 0 Å². The molecule has 0 radical (unpaired) electrons. The maximum absolute atomic E-state index is 13.7. The van der Waals surface area contributed by atoms with Crippen molar-refractivity contribution in [2.24, 2.45) is 5.92 Å². The number of likely N-dealkylation sites (tertiary alicyclic amines) is 2. The fraction of sp³-hybridized carbons (Fsp3) is 0.474. The minimum atomic E-state index is -0.425. The van der Waals surface area contributed by atoms with E-state index in [1.54, 1.807) is 17.4 Å². The number of carbonyl (C=O) groups excluding carboxylic acids is 1. The van der Waals surface area contributed by atoms with Crippen LogP contribution in [0.15, 0.2) is 35.2 Å². The van der Waals surface area contributed by atoms with E-state index in [2.05, 4.69) is 16.9 Å². The number of hydrogen-bond donors (Lipinski definition) is 0. The van der Waals surface area contributed by atoms with Gasteiger partial charge in [-0.1, -0.05) is 0 Å². The summed E-state index contributed by atoms with van der Waals surface area (Å²) in [6, 6.07) is 4.79. The summed E-state index contributed by atoms with van der Waals surface area (Å²) < 4.78 is 19.3. The Labute approximate surface area is 156 Å². The maximum atomic E-state index is 13.7. The zero-order chi connectivity index (χ0) is 18.1. The van der Waals surface area contributed by atoms with Crippen LogP contribution in [0.2, 0.25) is 0 Å². The van der Waals surface area contributed by atoms with Gasteiger partial charge >= 0.3 is 0 Å². The molecule has 0 aliphatic carbocycles. The largest absolute Gasteiger partial charge is 0.475 e. The minimum Gasteiger partial charge on any atom is -0.475 e. The second-order valence-corrected chi connectivity index (χ2v) is 8.06. The second kappa shape index (κ2) is 6.96. The quantitative estimate of drug-likeness (QED) is 0.824. The Hall–Kier alpha value is -1.99. The smallest absolute Gasteiger partial charge is 0.254 e. The fourth-order valence-electron chi connectivity index (χ4n) is 3.97. The molecule has 138 valence electrons. The van der Waals surface area contributed by atoms with Gasteiger partial charge in [0.15, 0.2) is 5.82 Å². The number of hydrogen-bond acceptors (Lipinski definition) is 5. The molecule has 2 aromatic rings. The monoisotopic (exact) mass is 375 g/mol. The molecule has 4 rings (SSSR count). The molecular formula is C19H22FN3O2S. The van der Waals surface area contributed by atoms with Crippen LogP contribution in [-0.4, -0.2) is 59.5 Å². The van der Waals surface area contributed by atoms with Crippen molar-refractivity contribution in [2.75, 3.05) is 33.3 Å². The number of aromatic nitrogens is 1. The van der Waals surface area contributed by atoms with Crippen LogP contribution in [0.1, 0.15) is 23.2 Å². The summed E-state index contributed by atoms with van der Waals surface area (Å²) in [4.78, 5) is 20.7. The molecule has 26 heavy (non-hydrogen) atoms. The molecule has 5 nitrogen and oxygen atoms in total. The predicted molar refractivity (Wildman–Crippen MR) is 98.0 cm³/mol. The Balaban J connectivity index is 1.36. The Bertz CT molecular complexity index is 777. The summed E-state index contributed by atoms with van der Waals surface area (Å²) in [5.74, 6) is 0.0971. The van der Waals surface area contributed by atoms with E-state index < -0.39 is 5.82 Å². The number of rotatable bonds is 4. The topological polar surface area (TPSA) is 45.7 Å². The number of nitrogens with zero attached hydrogens (tertiary/aromatic N) is 3. The van der Waals surface area contributed by atoms with Crippen LogP contribution in [0.4, 0.5) is 4.39 Å². The highest BCUT2D eigenvalue weighted by Crippen LogP contribution is 2.39. The molecular weight excluding hydrogens is 353 g/mol. The van der Waals surface area contributed by atoms with Crippen LogP contribution in [0.3, 0.4) is 0 Å². The van der Waals surface area contributed by atoms with Crippen LogP contribution < -0.4 is 4.74 Å². The first-order chi connectivity index (χ1) is 12.6. The number of thiophene rings is 1. The fourth-order valence-corrected chi connectivity index (χ4v) is 4.60. The molecule has 7 heteroatoms. The molecule has 1 spiro atoms. The number of halogens is 1. The third-order valence-electron chi connectivity index (χ3n) is 5.56. The standard InChI is InChI=1S/C19H22FN3O2S/c1-22-7-4-14(10-25-17-16(20)3-2-6-21-17)9-19(22)12-23(13-19)18(24)15-5-8-26-11-15/h2-3,5-6,8,11,14H,4,7,9-10,12-13H2,1H3/t14-/m0/s1. The zero-order valence-corrected chi connectivity index (χ0v) is 15.5. The highest BCUT2D eigenvalue weighted by Gasteiger charge is 2.51. The van der Waals surface area contributed by atoms with Crippen molar-refractivity contribution in [3.05, 3.63) is 46.5 Å². The lowest BCUT2D eigenvalue weighted by Crippen LogP contribution is -2.72. The number of ether oxygens (including phenoxy) is 1. The Morgan fingerprint density at radius 2 is 2.31 bits per heavy atom. The molecule has 1 amide bonds. The molecule has 2 aliphatic rings. The SMILES string of the molecule is CN1CC[C@H](COc2ncccc2F)CC12CN(C(=O)c1ccsc1)C2. The molecule has 0 aromatic carbocycles. The Morgan fingerprint density at radius 3 is 3.04 bits per heavy atom. The number of amides is 1. The van der Waals surface area contributed by atoms with E-state index in [4.69, 9.17) is 4.74 Å². The van der Waals surface area contributed by atoms with Crippen molar-refractivity contribution in [1.82, 2.24) is 14.8 Å². The van der Waals surface area contributed by atoms with E-state index in [1.165, 1.54) is 12.3 Å². The highest BCUT2D eigenvalue weighted by atomic mass is 32.1. The number of pyridine rings is 1. The van der Waals surface area contributed by atoms with Gasteiger partial charge in [0.05, 0.1) is 17.7 Å². The lowest BCUT2D eigenvalue weighted by molar-refractivity contribution is -0.0696. The van der Waals surface area contributed by atoms with Crippen LogP contribution in [0, 0.1) is 11.7 Å². The van der Waals surface area contributed by atoms with Gasteiger partial charge in [0.2, 0.25) is 5.88 Å². The van der Waals surface area contributed by atoms with Gasteiger partial charge in [-0.2, -0.15) is 11.3 Å². The third-order valence-corrected chi connectivity index (χ3v) is 6.24. The van der Waals surface area contributed by atoms with E-state index in [0.717, 1.165) is 38.0 Å². The van der Waals surface area contributed by atoms with Gasteiger partial charge in [-0.15, -0.1) is 0 Å². The predicted octanol–water partition coefficient (Wildman–Crippen LogP) is 2.90. The summed E-state index contributed by atoms with van der Waals surface area (Å²) in [5, 5.41) is 3.83. The molecule has 2 aliphatic heterocycles. The van der Waals surface area contributed by atoms with Gasteiger partial charge in [-0.25, -0.2) is 9.37 Å². The molecule has 1 atom stereocenters. The lowest BCUT2D eigenvalue weighted by Gasteiger charge is -2.58. The van der Waals surface area contributed by atoms with Crippen LogP contribution >= 0.6 is 11.3 Å². The van der Waals surface area contributed by atoms with E-state index in [1.807, 2.05) is 21.7 Å². The molecule has 2 aromatic heterocycles. The van der Waals surface area contributed by atoms with E-state index in [-0.39, 0.29) is 17.3 Å². The van der Waals surface area contributed by atoms with Gasteiger partial charge in [0, 0.05) is 24.7 Å². The lowest BCUT2D eigenvalue weighted by atomic mass is 9.75. The number of piperidine rings is 1. The first-order valence-electron chi connectivity index (χ1n) is 8.83. The Morgan fingerprint density at radius 1 is 1.46 bits per heavy atom. The first kappa shape index (κ1) is 17.4.